The lowest BCUT2D eigenvalue weighted by Gasteiger charge is -2.33. The van der Waals surface area contributed by atoms with E-state index in [2.05, 4.69) is 29.2 Å². The molecule has 0 atom stereocenters. The zero-order chi connectivity index (χ0) is 24.7. The number of nitrogens with one attached hydrogen (secondary N) is 1. The molecular formula is C26H39N5O3. The van der Waals surface area contributed by atoms with Crippen molar-refractivity contribution in [3.63, 3.8) is 0 Å². The Balaban J connectivity index is 1.38. The van der Waals surface area contributed by atoms with E-state index in [0.29, 0.717) is 39.0 Å². The molecule has 8 nitrogen and oxygen atoms in total. The fraction of sp³-hybridized carbons (Fsp3) is 0.615. The minimum Gasteiger partial charge on any atom is -0.355 e. The van der Waals surface area contributed by atoms with E-state index in [1.165, 1.54) is 5.01 Å². The van der Waals surface area contributed by atoms with Crippen molar-refractivity contribution in [3.05, 3.63) is 35.9 Å². The van der Waals surface area contributed by atoms with Crippen LogP contribution in [0.15, 0.2) is 35.4 Å². The number of rotatable bonds is 9. The summed E-state index contributed by atoms with van der Waals surface area (Å²) in [6.45, 7) is 7.50. The summed E-state index contributed by atoms with van der Waals surface area (Å²) in [6.07, 6.45) is 2.39. The van der Waals surface area contributed by atoms with Crippen molar-refractivity contribution >= 4 is 23.4 Å². The van der Waals surface area contributed by atoms with Gasteiger partial charge in [0.25, 0.3) is 0 Å². The molecule has 2 aliphatic rings. The van der Waals surface area contributed by atoms with Crippen LogP contribution in [-0.4, -0.2) is 85.1 Å². The Labute approximate surface area is 203 Å². The number of hydrogen-bond donors (Lipinski definition) is 1. The van der Waals surface area contributed by atoms with Crippen molar-refractivity contribution in [2.75, 3.05) is 46.8 Å². The lowest BCUT2D eigenvalue weighted by Crippen LogP contribution is -2.46. The van der Waals surface area contributed by atoms with Gasteiger partial charge in [0, 0.05) is 51.4 Å². The van der Waals surface area contributed by atoms with Gasteiger partial charge in [0.1, 0.15) is 0 Å². The van der Waals surface area contributed by atoms with Crippen molar-refractivity contribution in [3.8, 4) is 0 Å². The van der Waals surface area contributed by atoms with E-state index >= 15 is 0 Å². The van der Waals surface area contributed by atoms with Crippen LogP contribution in [0, 0.1) is 11.3 Å². The molecule has 8 heteroatoms. The zero-order valence-electron chi connectivity index (χ0n) is 21.0. The fourth-order valence-electron chi connectivity index (χ4n) is 4.75. The maximum Gasteiger partial charge on any atom is 0.243 e. The summed E-state index contributed by atoms with van der Waals surface area (Å²) in [6, 6.07) is 9.85. The van der Waals surface area contributed by atoms with Crippen LogP contribution in [0.5, 0.6) is 0 Å². The van der Waals surface area contributed by atoms with Gasteiger partial charge in [-0.25, -0.2) is 5.01 Å². The Morgan fingerprint density at radius 3 is 2.32 bits per heavy atom. The Kier molecular flexibility index (Phi) is 8.83. The average molecular weight is 470 g/mol. The average Bonchev–Trinajstić information content (AvgIpc) is 3.31. The first-order valence-corrected chi connectivity index (χ1v) is 12.3. The van der Waals surface area contributed by atoms with Crippen LogP contribution in [0.1, 0.15) is 51.5 Å². The summed E-state index contributed by atoms with van der Waals surface area (Å²) in [5.41, 5.74) is 1.94. The normalized spacial score (nSPS) is 17.1. The maximum atomic E-state index is 12.7. The molecule has 0 saturated carbocycles. The molecule has 1 aromatic carbocycles. The maximum absolute atomic E-state index is 12.7. The van der Waals surface area contributed by atoms with Crippen LogP contribution in [0.3, 0.4) is 0 Å². The highest BCUT2D eigenvalue weighted by Crippen LogP contribution is 2.21. The van der Waals surface area contributed by atoms with Gasteiger partial charge in [0.2, 0.25) is 17.7 Å². The second-order valence-electron chi connectivity index (χ2n) is 10.5. The van der Waals surface area contributed by atoms with Crippen LogP contribution >= 0.6 is 0 Å². The van der Waals surface area contributed by atoms with E-state index in [1.807, 2.05) is 44.4 Å². The molecule has 1 fully saturated rings. The Morgan fingerprint density at radius 2 is 1.68 bits per heavy atom. The van der Waals surface area contributed by atoms with Crippen LogP contribution in [0.2, 0.25) is 0 Å². The predicted octanol–water partition coefficient (Wildman–Crippen LogP) is 2.35. The van der Waals surface area contributed by atoms with Crippen molar-refractivity contribution in [2.24, 2.45) is 16.4 Å². The molecule has 0 spiro atoms. The zero-order valence-corrected chi connectivity index (χ0v) is 21.0. The molecule has 1 aromatic rings. The molecule has 34 heavy (non-hydrogen) atoms. The molecule has 2 aliphatic heterocycles. The van der Waals surface area contributed by atoms with Crippen LogP contribution < -0.4 is 5.32 Å². The lowest BCUT2D eigenvalue weighted by atomic mass is 9.91. The third-order valence-electron chi connectivity index (χ3n) is 6.45. The van der Waals surface area contributed by atoms with Gasteiger partial charge >= 0.3 is 0 Å². The fourth-order valence-corrected chi connectivity index (χ4v) is 4.75. The van der Waals surface area contributed by atoms with E-state index in [9.17, 15) is 14.4 Å². The SMILES string of the molecule is CN(C)CC(C)(C)CNC(=O)C1CCN(C(=O)CCC(=O)N2CCC(c3ccccc3)=N2)CC1. The molecule has 0 unspecified atom stereocenters. The third kappa shape index (κ3) is 7.38. The molecule has 186 valence electrons. The van der Waals surface area contributed by atoms with E-state index in [-0.39, 0.29) is 41.9 Å². The molecule has 0 radical (unpaired) electrons. The van der Waals surface area contributed by atoms with E-state index in [1.54, 1.807) is 4.90 Å². The summed E-state index contributed by atoms with van der Waals surface area (Å²) >= 11 is 0. The highest BCUT2D eigenvalue weighted by molar-refractivity contribution is 6.02. The molecule has 1 saturated heterocycles. The summed E-state index contributed by atoms with van der Waals surface area (Å²) in [5.74, 6) is -0.119. The number of carbonyl (C=O) groups is 3. The molecule has 1 N–H and O–H groups in total. The number of hydrazone groups is 1. The van der Waals surface area contributed by atoms with Crippen molar-refractivity contribution in [1.82, 2.24) is 20.1 Å². The van der Waals surface area contributed by atoms with E-state index in [0.717, 1.165) is 24.2 Å². The van der Waals surface area contributed by atoms with Crippen LogP contribution in [0.25, 0.3) is 0 Å². The van der Waals surface area contributed by atoms with Gasteiger partial charge in [-0.15, -0.1) is 0 Å². The Bertz CT molecular complexity index is 889. The van der Waals surface area contributed by atoms with Gasteiger partial charge in [-0.05, 0) is 37.9 Å². The van der Waals surface area contributed by atoms with E-state index in [4.69, 9.17) is 0 Å². The monoisotopic (exact) mass is 469 g/mol. The van der Waals surface area contributed by atoms with Gasteiger partial charge in [0.15, 0.2) is 0 Å². The van der Waals surface area contributed by atoms with Crippen LogP contribution in [-0.2, 0) is 14.4 Å². The van der Waals surface area contributed by atoms with Crippen molar-refractivity contribution < 1.29 is 14.4 Å². The Morgan fingerprint density at radius 1 is 1.03 bits per heavy atom. The van der Waals surface area contributed by atoms with E-state index < -0.39 is 0 Å². The molecule has 0 aromatic heterocycles. The van der Waals surface area contributed by atoms with Crippen LogP contribution in [0.4, 0.5) is 0 Å². The smallest absolute Gasteiger partial charge is 0.243 e. The summed E-state index contributed by atoms with van der Waals surface area (Å²) in [7, 11) is 4.06. The number of amides is 3. The molecule has 3 rings (SSSR count). The summed E-state index contributed by atoms with van der Waals surface area (Å²) in [4.78, 5) is 41.7. The highest BCUT2D eigenvalue weighted by Gasteiger charge is 2.29. The molecule has 3 amide bonds. The second kappa shape index (κ2) is 11.6. The molecule has 0 bridgehead atoms. The summed E-state index contributed by atoms with van der Waals surface area (Å²) in [5, 5.41) is 9.04. The van der Waals surface area contributed by atoms with Gasteiger partial charge in [-0.3, -0.25) is 14.4 Å². The van der Waals surface area contributed by atoms with Gasteiger partial charge in [-0.2, -0.15) is 5.10 Å². The number of carbonyl (C=O) groups excluding carboxylic acids is 3. The number of likely N-dealkylation sites (tertiary alicyclic amines) is 1. The third-order valence-corrected chi connectivity index (χ3v) is 6.45. The number of nitrogens with zero attached hydrogens (tertiary/aromatic N) is 4. The minimum absolute atomic E-state index is 0.00358. The molecule has 0 aliphatic carbocycles. The quantitative estimate of drug-likeness (QED) is 0.602. The number of benzene rings is 1. The minimum atomic E-state index is -0.117. The summed E-state index contributed by atoms with van der Waals surface area (Å²) < 4.78 is 0. The first-order chi connectivity index (χ1) is 16.1. The topological polar surface area (TPSA) is 85.3 Å². The molecular weight excluding hydrogens is 430 g/mol. The number of hydrogen-bond acceptors (Lipinski definition) is 5. The first-order valence-electron chi connectivity index (χ1n) is 12.3. The standard InChI is InChI=1S/C26H39N5O3/c1-26(2,19-29(3)4)18-27-25(34)21-12-15-30(16-13-21)23(32)10-11-24(33)31-17-14-22(28-31)20-8-6-5-7-9-20/h5-9,21H,10-19H2,1-4H3,(H,27,34). The van der Waals surface area contributed by atoms with Gasteiger partial charge in [-0.1, -0.05) is 44.2 Å². The van der Waals surface area contributed by atoms with Gasteiger partial charge in [0.05, 0.1) is 12.3 Å². The predicted molar refractivity (Wildman–Crippen MR) is 133 cm³/mol. The number of piperidine rings is 1. The highest BCUT2D eigenvalue weighted by atomic mass is 16.2. The van der Waals surface area contributed by atoms with Gasteiger partial charge < -0.3 is 15.1 Å². The second-order valence-corrected chi connectivity index (χ2v) is 10.5. The Hall–Kier alpha value is -2.74. The van der Waals surface area contributed by atoms with Crippen molar-refractivity contribution in [2.45, 2.75) is 46.0 Å². The first kappa shape index (κ1) is 25.9. The lowest BCUT2D eigenvalue weighted by molar-refractivity contribution is -0.138. The molecule has 2 heterocycles. The van der Waals surface area contributed by atoms with Crippen molar-refractivity contribution in [1.29, 1.82) is 0 Å². The largest absolute Gasteiger partial charge is 0.355 e.